The van der Waals surface area contributed by atoms with E-state index in [2.05, 4.69) is 10.1 Å². The Morgan fingerprint density at radius 1 is 1.08 bits per heavy atom. The highest BCUT2D eigenvalue weighted by atomic mass is 19.4. The number of alkyl halides is 3. The first kappa shape index (κ1) is 19.6. The summed E-state index contributed by atoms with van der Waals surface area (Å²) in [4.78, 5) is 11.8. The Bertz CT molecular complexity index is 732. The van der Waals surface area contributed by atoms with Crippen LogP contribution in [0, 0.1) is 0 Å². The summed E-state index contributed by atoms with van der Waals surface area (Å²) in [7, 11) is 1.53. The number of rotatable bonds is 7. The Hall–Kier alpha value is -2.74. The number of anilines is 1. The second-order valence-electron chi connectivity index (χ2n) is 5.33. The molecule has 0 fully saturated rings. The molecule has 0 unspecified atom stereocenters. The van der Waals surface area contributed by atoms with Gasteiger partial charge in [0.1, 0.15) is 18.5 Å². The molecule has 0 aliphatic rings. The predicted molar refractivity (Wildman–Crippen MR) is 89.6 cm³/mol. The van der Waals surface area contributed by atoms with E-state index in [1.807, 2.05) is 6.07 Å². The number of hydrogen-bond donors (Lipinski definition) is 1. The highest BCUT2D eigenvalue weighted by Gasteiger charge is 2.29. The third-order valence-corrected chi connectivity index (χ3v) is 3.28. The molecule has 0 bridgehead atoms. The minimum atomic E-state index is -4.48. The molecule has 2 aromatic carbocycles. The van der Waals surface area contributed by atoms with E-state index < -0.39 is 24.8 Å². The number of ether oxygens (including phenoxy) is 3. The molecule has 140 valence electrons. The van der Waals surface area contributed by atoms with Gasteiger partial charge in [0.05, 0.1) is 7.11 Å². The first-order chi connectivity index (χ1) is 12.3. The van der Waals surface area contributed by atoms with Crippen LogP contribution in [0.2, 0.25) is 0 Å². The number of halogens is 3. The predicted octanol–water partition coefficient (Wildman–Crippen LogP) is 4.39. The van der Waals surface area contributed by atoms with Gasteiger partial charge in [-0.15, -0.1) is 0 Å². The lowest BCUT2D eigenvalue weighted by molar-refractivity contribution is -0.184. The van der Waals surface area contributed by atoms with E-state index in [9.17, 15) is 18.0 Å². The van der Waals surface area contributed by atoms with Crippen molar-refractivity contribution in [2.45, 2.75) is 19.2 Å². The Morgan fingerprint density at radius 3 is 2.27 bits per heavy atom. The normalized spacial score (nSPS) is 12.3. The number of hydrogen-bond acceptors (Lipinski definition) is 4. The maximum absolute atomic E-state index is 12.1. The molecule has 0 radical (unpaired) electrons. The summed E-state index contributed by atoms with van der Waals surface area (Å²) in [5.41, 5.74) is 0.407. The molecule has 0 aromatic heterocycles. The molecule has 2 aromatic rings. The molecule has 0 aliphatic carbocycles. The van der Waals surface area contributed by atoms with Crippen LogP contribution in [0.4, 0.5) is 18.9 Å². The zero-order valence-electron chi connectivity index (χ0n) is 14.2. The van der Waals surface area contributed by atoms with E-state index in [0.717, 1.165) is 0 Å². The van der Waals surface area contributed by atoms with Gasteiger partial charge in [-0.25, -0.2) is 0 Å². The molecule has 0 heterocycles. The van der Waals surface area contributed by atoms with Gasteiger partial charge < -0.3 is 19.5 Å². The lowest BCUT2D eigenvalue weighted by atomic mass is 10.2. The SMILES string of the molecule is COc1ccccc1Oc1ccc(NC(=O)[C@H](C)OCC(F)(F)F)cc1. The van der Waals surface area contributed by atoms with Crippen LogP contribution in [0.15, 0.2) is 48.5 Å². The maximum atomic E-state index is 12.1. The fourth-order valence-corrected chi connectivity index (χ4v) is 1.98. The van der Waals surface area contributed by atoms with Gasteiger partial charge in [0.15, 0.2) is 11.5 Å². The van der Waals surface area contributed by atoms with Crippen molar-refractivity contribution in [2.24, 2.45) is 0 Å². The fourth-order valence-electron chi connectivity index (χ4n) is 1.98. The second kappa shape index (κ2) is 8.57. The molecular formula is C18H18F3NO4. The quantitative estimate of drug-likeness (QED) is 0.786. The van der Waals surface area contributed by atoms with Crippen LogP contribution in [0.3, 0.4) is 0 Å². The van der Waals surface area contributed by atoms with Crippen molar-refractivity contribution < 1.29 is 32.2 Å². The molecule has 0 saturated heterocycles. The number of benzene rings is 2. The number of para-hydroxylation sites is 2. The van der Waals surface area contributed by atoms with Gasteiger partial charge in [-0.3, -0.25) is 4.79 Å². The molecule has 0 aliphatic heterocycles. The van der Waals surface area contributed by atoms with Gasteiger partial charge in [-0.1, -0.05) is 12.1 Å². The highest BCUT2D eigenvalue weighted by molar-refractivity contribution is 5.93. The molecule has 1 amide bonds. The van der Waals surface area contributed by atoms with Gasteiger partial charge in [-0.05, 0) is 43.3 Å². The summed E-state index contributed by atoms with van der Waals surface area (Å²) in [5.74, 6) is 0.933. The minimum Gasteiger partial charge on any atom is -0.493 e. The van der Waals surface area contributed by atoms with Crippen molar-refractivity contribution in [1.82, 2.24) is 0 Å². The third kappa shape index (κ3) is 5.96. The zero-order chi connectivity index (χ0) is 19.2. The number of carbonyl (C=O) groups is 1. The third-order valence-electron chi connectivity index (χ3n) is 3.28. The van der Waals surface area contributed by atoms with Gasteiger partial charge in [0, 0.05) is 5.69 Å². The average Bonchev–Trinajstić information content (AvgIpc) is 2.61. The van der Waals surface area contributed by atoms with Crippen molar-refractivity contribution in [3.8, 4) is 17.2 Å². The van der Waals surface area contributed by atoms with Crippen LogP contribution in [-0.4, -0.2) is 31.9 Å². The maximum Gasteiger partial charge on any atom is 0.411 e. The average molecular weight is 369 g/mol. The molecule has 0 saturated carbocycles. The molecule has 26 heavy (non-hydrogen) atoms. The van der Waals surface area contributed by atoms with Gasteiger partial charge in [0.25, 0.3) is 5.91 Å². The van der Waals surface area contributed by atoms with E-state index >= 15 is 0 Å². The second-order valence-corrected chi connectivity index (χ2v) is 5.33. The number of nitrogens with one attached hydrogen (secondary N) is 1. The van der Waals surface area contributed by atoms with E-state index in [4.69, 9.17) is 9.47 Å². The number of methoxy groups -OCH3 is 1. The Balaban J connectivity index is 1.93. The van der Waals surface area contributed by atoms with Gasteiger partial charge >= 0.3 is 6.18 Å². The van der Waals surface area contributed by atoms with E-state index in [0.29, 0.717) is 22.9 Å². The molecule has 1 atom stereocenters. The summed E-state index contributed by atoms with van der Waals surface area (Å²) in [6.07, 6.45) is -5.72. The van der Waals surface area contributed by atoms with Crippen molar-refractivity contribution in [2.75, 3.05) is 19.0 Å². The Labute approximate surface area is 148 Å². The molecule has 8 heteroatoms. The summed E-state index contributed by atoms with van der Waals surface area (Å²) in [5, 5.41) is 2.48. The summed E-state index contributed by atoms with van der Waals surface area (Å²) in [6, 6.07) is 13.5. The van der Waals surface area contributed by atoms with Crippen molar-refractivity contribution in [3.05, 3.63) is 48.5 Å². The summed E-state index contributed by atoms with van der Waals surface area (Å²) >= 11 is 0. The van der Waals surface area contributed by atoms with Crippen molar-refractivity contribution >= 4 is 11.6 Å². The molecule has 0 spiro atoms. The summed E-state index contributed by atoms with van der Waals surface area (Å²) in [6.45, 7) is -0.229. The largest absolute Gasteiger partial charge is 0.493 e. The van der Waals surface area contributed by atoms with Crippen LogP contribution >= 0.6 is 0 Å². The fraction of sp³-hybridized carbons (Fsp3) is 0.278. The smallest absolute Gasteiger partial charge is 0.411 e. The van der Waals surface area contributed by atoms with E-state index in [1.54, 1.807) is 42.5 Å². The lowest BCUT2D eigenvalue weighted by Gasteiger charge is -2.15. The topological polar surface area (TPSA) is 56.8 Å². The van der Waals surface area contributed by atoms with Crippen LogP contribution in [0.1, 0.15) is 6.92 Å². The monoisotopic (exact) mass is 369 g/mol. The Kier molecular flexibility index (Phi) is 6.46. The highest BCUT2D eigenvalue weighted by Crippen LogP contribution is 2.31. The lowest BCUT2D eigenvalue weighted by Crippen LogP contribution is -2.31. The van der Waals surface area contributed by atoms with Crippen LogP contribution in [0.5, 0.6) is 17.2 Å². The number of carbonyl (C=O) groups excluding carboxylic acids is 1. The van der Waals surface area contributed by atoms with Gasteiger partial charge in [-0.2, -0.15) is 13.2 Å². The van der Waals surface area contributed by atoms with Crippen molar-refractivity contribution in [1.29, 1.82) is 0 Å². The van der Waals surface area contributed by atoms with Crippen molar-refractivity contribution in [3.63, 3.8) is 0 Å². The van der Waals surface area contributed by atoms with Gasteiger partial charge in [0.2, 0.25) is 0 Å². The molecule has 1 N–H and O–H groups in total. The first-order valence-corrected chi connectivity index (χ1v) is 7.68. The van der Waals surface area contributed by atoms with E-state index in [1.165, 1.54) is 14.0 Å². The summed E-state index contributed by atoms with van der Waals surface area (Å²) < 4.78 is 51.7. The number of amides is 1. The van der Waals surface area contributed by atoms with Crippen LogP contribution < -0.4 is 14.8 Å². The standard InChI is InChI=1S/C18H18F3NO4/c1-12(25-11-18(19,20)21)17(23)22-13-7-9-14(10-8-13)26-16-6-4-3-5-15(16)24-2/h3-10,12H,11H2,1-2H3,(H,22,23)/t12-/m0/s1. The zero-order valence-corrected chi connectivity index (χ0v) is 14.2. The Morgan fingerprint density at radius 2 is 1.69 bits per heavy atom. The molecular weight excluding hydrogens is 351 g/mol. The van der Waals surface area contributed by atoms with Crippen LogP contribution in [0.25, 0.3) is 0 Å². The first-order valence-electron chi connectivity index (χ1n) is 7.68. The minimum absolute atomic E-state index is 0.407. The van der Waals surface area contributed by atoms with E-state index in [-0.39, 0.29) is 0 Å². The van der Waals surface area contributed by atoms with Crippen LogP contribution in [-0.2, 0) is 9.53 Å². The molecule has 2 rings (SSSR count). The molecule has 5 nitrogen and oxygen atoms in total.